The van der Waals surface area contributed by atoms with Crippen LogP contribution in [0.25, 0.3) is 0 Å². The molecule has 0 bridgehead atoms. The van der Waals surface area contributed by atoms with Gasteiger partial charge >= 0.3 is 0 Å². The number of hydrogen-bond acceptors (Lipinski definition) is 2. The Morgan fingerprint density at radius 2 is 0.844 bits per heavy atom. The zero-order valence-corrected chi connectivity index (χ0v) is 24.2. The van der Waals surface area contributed by atoms with Crippen molar-refractivity contribution in [1.82, 2.24) is 0 Å². The molecule has 0 spiro atoms. The number of aliphatic hydroxyl groups is 2. The van der Waals surface area contributed by atoms with E-state index < -0.39 is 7.26 Å². The Balaban J connectivity index is 0. The number of rotatable bonds is 23. The molecule has 0 aromatic heterocycles. The zero-order chi connectivity index (χ0) is 23.4. The van der Waals surface area contributed by atoms with E-state index in [0.29, 0.717) is 5.92 Å². The summed E-state index contributed by atoms with van der Waals surface area (Å²) >= 11 is 0. The van der Waals surface area contributed by atoms with Crippen LogP contribution in [0.4, 0.5) is 0 Å². The topological polar surface area (TPSA) is 40.5 Å². The summed E-state index contributed by atoms with van der Waals surface area (Å²) < 4.78 is 0. The van der Waals surface area contributed by atoms with Crippen molar-refractivity contribution in [1.29, 1.82) is 0 Å². The maximum Gasteiger partial charge on any atom is 0.166 e. The summed E-state index contributed by atoms with van der Waals surface area (Å²) in [6, 6.07) is 0. The molecule has 2 atom stereocenters. The molecule has 0 saturated heterocycles. The minimum Gasteiger partial charge on any atom is -1.00 e. The number of aliphatic hydroxyl groups excluding tert-OH is 2. The summed E-state index contributed by atoms with van der Waals surface area (Å²) in [5.41, 5.74) is 0. The third-order valence-corrected chi connectivity index (χ3v) is 12.7. The number of hydrogen-bond donors (Lipinski definition) is 2. The highest BCUT2D eigenvalue weighted by molar-refractivity contribution is 7.76. The van der Waals surface area contributed by atoms with Crippen LogP contribution in [-0.2, 0) is 0 Å². The summed E-state index contributed by atoms with van der Waals surface area (Å²) in [5, 5.41) is 21.7. The first-order valence-electron chi connectivity index (χ1n) is 14.2. The molecule has 0 aromatic carbocycles. The molecule has 4 heteroatoms. The Kier molecular flexibility index (Phi) is 25.4. The van der Waals surface area contributed by atoms with E-state index in [9.17, 15) is 10.2 Å². The molecule has 2 unspecified atom stereocenters. The fourth-order valence-corrected chi connectivity index (χ4v) is 10.5. The van der Waals surface area contributed by atoms with E-state index >= 15 is 0 Å². The smallest absolute Gasteiger partial charge is 0.166 e. The van der Waals surface area contributed by atoms with Crippen LogP contribution < -0.4 is 12.4 Å². The van der Waals surface area contributed by atoms with Crippen LogP contribution in [0.3, 0.4) is 0 Å². The van der Waals surface area contributed by atoms with E-state index in [0.717, 1.165) is 25.2 Å². The van der Waals surface area contributed by atoms with Crippen molar-refractivity contribution in [2.45, 2.75) is 162 Å². The van der Waals surface area contributed by atoms with Crippen molar-refractivity contribution in [3.8, 4) is 0 Å². The van der Waals surface area contributed by atoms with Gasteiger partial charge in [-0.1, -0.05) is 125 Å². The van der Waals surface area contributed by atoms with Crippen LogP contribution in [0.5, 0.6) is 0 Å². The van der Waals surface area contributed by atoms with Gasteiger partial charge in [0, 0.05) is 12.8 Å². The Hall–Kier alpha value is 0.640. The van der Waals surface area contributed by atoms with E-state index in [1.165, 1.54) is 103 Å². The Morgan fingerprint density at radius 3 is 1.12 bits per heavy atom. The van der Waals surface area contributed by atoms with Gasteiger partial charge in [-0.15, -0.1) is 0 Å². The molecular weight excluding hydrogens is 435 g/mol. The average Bonchev–Trinajstić information content (AvgIpc) is 2.76. The highest BCUT2D eigenvalue weighted by atomic mass is 35.5. The molecule has 32 heavy (non-hydrogen) atoms. The van der Waals surface area contributed by atoms with Gasteiger partial charge in [0.15, 0.2) is 11.7 Å². The fourth-order valence-electron chi connectivity index (χ4n) is 5.19. The third kappa shape index (κ3) is 16.3. The molecule has 0 aromatic rings. The molecule has 0 aliphatic rings. The number of unbranched alkanes of at least 4 members (excludes halogenated alkanes) is 15. The lowest BCUT2D eigenvalue weighted by atomic mass is 10.0. The molecule has 0 aliphatic carbocycles. The molecule has 2 N–H and O–H groups in total. The third-order valence-electron chi connectivity index (χ3n) is 7.05. The standard InChI is InChI=1S/C28H60O2P.ClH/c1-6-9-10-11-12-13-14-15-16-17-18-19-20-21-22-23-24-31(25-26(4)5,27(29)7-2)28(30)8-3;/h26-30H,6-25H2,1-5H3;1H/q+1;/p-1. The fraction of sp³-hybridized carbons (Fsp3) is 1.00. The highest BCUT2D eigenvalue weighted by Gasteiger charge is 2.49. The van der Waals surface area contributed by atoms with E-state index in [1.54, 1.807) is 0 Å². The molecule has 0 radical (unpaired) electrons. The minimum absolute atomic E-state index is 0. The van der Waals surface area contributed by atoms with Gasteiger partial charge < -0.3 is 22.6 Å². The van der Waals surface area contributed by atoms with E-state index in [2.05, 4.69) is 34.6 Å². The first kappa shape index (κ1) is 34.8. The maximum absolute atomic E-state index is 10.8. The largest absolute Gasteiger partial charge is 1.00 e. The molecule has 0 saturated carbocycles. The van der Waals surface area contributed by atoms with Crippen LogP contribution in [-0.4, -0.2) is 34.2 Å². The molecule has 0 amide bonds. The van der Waals surface area contributed by atoms with Crippen molar-refractivity contribution >= 4 is 7.26 Å². The maximum atomic E-state index is 10.8. The Morgan fingerprint density at radius 1 is 0.531 bits per heavy atom. The van der Waals surface area contributed by atoms with E-state index in [1.807, 2.05) is 0 Å². The molecule has 0 rings (SSSR count). The van der Waals surface area contributed by atoms with Crippen molar-refractivity contribution in [2.75, 3.05) is 12.3 Å². The zero-order valence-electron chi connectivity index (χ0n) is 22.6. The van der Waals surface area contributed by atoms with Crippen LogP contribution in [0.15, 0.2) is 0 Å². The summed E-state index contributed by atoms with van der Waals surface area (Å²) in [4.78, 5) is 0. The normalized spacial score (nSPS) is 15.4. The van der Waals surface area contributed by atoms with Crippen molar-refractivity contribution in [3.05, 3.63) is 0 Å². The molecule has 0 fully saturated rings. The van der Waals surface area contributed by atoms with E-state index in [-0.39, 0.29) is 24.1 Å². The monoisotopic (exact) mass is 494 g/mol. The first-order chi connectivity index (χ1) is 14.9. The Bertz CT molecular complexity index is 368. The summed E-state index contributed by atoms with van der Waals surface area (Å²) in [5.74, 6) is -0.000766. The molecular formula is C28H60ClO2P. The quantitative estimate of drug-likeness (QED) is 0.128. The minimum atomic E-state index is -1.71. The second kappa shape index (κ2) is 23.4. The molecule has 0 heterocycles. The van der Waals surface area contributed by atoms with Gasteiger partial charge in [0.05, 0.1) is 19.6 Å². The highest BCUT2D eigenvalue weighted by Crippen LogP contribution is 2.68. The lowest BCUT2D eigenvalue weighted by Gasteiger charge is -2.36. The SMILES string of the molecule is CCCCCCCCCCCCCCCCCC[P+](CC(C)C)(C(O)CC)C(O)CC.[Cl-]. The van der Waals surface area contributed by atoms with Crippen LogP contribution in [0.2, 0.25) is 0 Å². The van der Waals surface area contributed by atoms with Crippen molar-refractivity contribution in [2.24, 2.45) is 5.92 Å². The van der Waals surface area contributed by atoms with Crippen LogP contribution in [0, 0.1) is 5.92 Å². The first-order valence-corrected chi connectivity index (χ1v) is 16.5. The van der Waals surface area contributed by atoms with Crippen LogP contribution >= 0.6 is 7.26 Å². The second-order valence-electron chi connectivity index (χ2n) is 10.5. The van der Waals surface area contributed by atoms with Gasteiger partial charge in [0.2, 0.25) is 0 Å². The molecule has 196 valence electrons. The van der Waals surface area contributed by atoms with E-state index in [4.69, 9.17) is 0 Å². The predicted octanol–water partition coefficient (Wildman–Crippen LogP) is 6.38. The van der Waals surface area contributed by atoms with Crippen molar-refractivity contribution < 1.29 is 22.6 Å². The second-order valence-corrected chi connectivity index (χ2v) is 14.7. The van der Waals surface area contributed by atoms with Gasteiger partial charge in [0.25, 0.3) is 0 Å². The van der Waals surface area contributed by atoms with Gasteiger partial charge in [-0.25, -0.2) is 0 Å². The summed E-state index contributed by atoms with van der Waals surface area (Å²) in [6.45, 7) is 10.9. The van der Waals surface area contributed by atoms with Gasteiger partial charge in [-0.2, -0.15) is 0 Å². The number of halogens is 1. The molecule has 0 aliphatic heterocycles. The predicted molar refractivity (Wildman–Crippen MR) is 144 cm³/mol. The van der Waals surface area contributed by atoms with Crippen LogP contribution in [0.1, 0.15) is 150 Å². The van der Waals surface area contributed by atoms with Crippen molar-refractivity contribution in [3.63, 3.8) is 0 Å². The van der Waals surface area contributed by atoms with Gasteiger partial charge in [-0.3, -0.25) is 0 Å². The molecule has 2 nitrogen and oxygen atoms in total. The summed E-state index contributed by atoms with van der Waals surface area (Å²) in [7, 11) is -1.71. The van der Waals surface area contributed by atoms with Gasteiger partial charge in [0.1, 0.15) is 0 Å². The summed E-state index contributed by atoms with van der Waals surface area (Å²) in [6.07, 6.45) is 25.9. The Labute approximate surface area is 209 Å². The van der Waals surface area contributed by atoms with Gasteiger partial charge in [-0.05, 0) is 18.8 Å². The average molecular weight is 495 g/mol. The lowest BCUT2D eigenvalue weighted by molar-refractivity contribution is -0.00000965. The lowest BCUT2D eigenvalue weighted by Crippen LogP contribution is -3.00.